The first-order chi connectivity index (χ1) is 16.8. The van der Waals surface area contributed by atoms with E-state index < -0.39 is 16.1 Å². The van der Waals surface area contributed by atoms with Crippen LogP contribution in [0.15, 0.2) is 47.9 Å². The van der Waals surface area contributed by atoms with E-state index in [1.165, 1.54) is 18.5 Å². The third-order valence-corrected chi connectivity index (χ3v) is 7.47. The number of aromatic nitrogens is 4. The van der Waals surface area contributed by atoms with Crippen molar-refractivity contribution in [3.05, 3.63) is 48.0 Å². The van der Waals surface area contributed by atoms with Crippen molar-refractivity contribution in [3.8, 4) is 5.75 Å². The number of halogens is 1. The van der Waals surface area contributed by atoms with E-state index in [9.17, 15) is 13.5 Å². The van der Waals surface area contributed by atoms with Gasteiger partial charge in [0.25, 0.3) is 0 Å². The summed E-state index contributed by atoms with van der Waals surface area (Å²) in [5.41, 5.74) is 0.470. The Kier molecular flexibility index (Phi) is 6.34. The molecule has 1 aromatic carbocycles. The maximum absolute atomic E-state index is 11.8. The fourth-order valence-electron chi connectivity index (χ4n) is 4.32. The molecule has 1 unspecified atom stereocenters. The van der Waals surface area contributed by atoms with Crippen molar-refractivity contribution < 1.29 is 18.3 Å². The molecule has 0 saturated carbocycles. The highest BCUT2D eigenvalue weighted by Gasteiger charge is 2.36. The van der Waals surface area contributed by atoms with Gasteiger partial charge in [-0.3, -0.25) is 0 Å². The van der Waals surface area contributed by atoms with E-state index in [4.69, 9.17) is 16.3 Å². The third kappa shape index (κ3) is 4.81. The summed E-state index contributed by atoms with van der Waals surface area (Å²) in [6.07, 6.45) is 6.66. The Morgan fingerprint density at radius 1 is 1.14 bits per heavy atom. The summed E-state index contributed by atoms with van der Waals surface area (Å²) in [5.74, 6) is 1.95. The van der Waals surface area contributed by atoms with E-state index in [1.807, 2.05) is 4.90 Å². The Hall–Kier alpha value is -3.22. The van der Waals surface area contributed by atoms with Gasteiger partial charge in [0.15, 0.2) is 27.7 Å². The smallest absolute Gasteiger partial charge is 0.225 e. The zero-order valence-electron chi connectivity index (χ0n) is 18.9. The van der Waals surface area contributed by atoms with Crippen LogP contribution in [0, 0.1) is 0 Å². The summed E-state index contributed by atoms with van der Waals surface area (Å²) in [7, 11) is -3.39. The van der Waals surface area contributed by atoms with Gasteiger partial charge in [0.2, 0.25) is 11.7 Å². The molecule has 35 heavy (non-hydrogen) atoms. The number of piperidine rings is 1. The lowest BCUT2D eigenvalue weighted by atomic mass is 10.0. The van der Waals surface area contributed by atoms with Crippen LogP contribution in [0.3, 0.4) is 0 Å². The van der Waals surface area contributed by atoms with Gasteiger partial charge in [-0.2, -0.15) is 0 Å². The molecule has 5 rings (SSSR count). The minimum absolute atomic E-state index is 0.0352. The zero-order chi connectivity index (χ0) is 24.6. The number of nitrogens with one attached hydrogen (secondary N) is 1. The van der Waals surface area contributed by atoms with Gasteiger partial charge in [-0.25, -0.2) is 28.4 Å². The predicted molar refractivity (Wildman–Crippen MR) is 131 cm³/mol. The van der Waals surface area contributed by atoms with Crippen LogP contribution in [-0.4, -0.2) is 71.7 Å². The van der Waals surface area contributed by atoms with Crippen molar-refractivity contribution in [2.24, 2.45) is 0 Å². The van der Waals surface area contributed by atoms with E-state index in [0.717, 1.165) is 32.2 Å². The van der Waals surface area contributed by atoms with E-state index in [2.05, 4.69) is 30.2 Å². The van der Waals surface area contributed by atoms with Crippen LogP contribution in [0.25, 0.3) is 0 Å². The van der Waals surface area contributed by atoms with Crippen molar-refractivity contribution in [3.63, 3.8) is 0 Å². The average molecular weight is 518 g/mol. The van der Waals surface area contributed by atoms with E-state index in [0.29, 0.717) is 29.0 Å². The molecule has 11 nitrogen and oxygen atoms in total. The fraction of sp³-hybridized carbons (Fsp3) is 0.364. The number of rotatable bonds is 5. The van der Waals surface area contributed by atoms with Gasteiger partial charge in [0, 0.05) is 37.8 Å². The first kappa shape index (κ1) is 23.5. The number of benzene rings is 1. The molecule has 13 heteroatoms. The van der Waals surface area contributed by atoms with Crippen molar-refractivity contribution >= 4 is 44.7 Å². The highest BCUT2D eigenvalue weighted by atomic mass is 35.5. The van der Waals surface area contributed by atoms with Crippen LogP contribution in [0.5, 0.6) is 5.75 Å². The van der Waals surface area contributed by atoms with Crippen LogP contribution >= 0.6 is 11.6 Å². The van der Waals surface area contributed by atoms with Crippen molar-refractivity contribution in [1.82, 2.24) is 19.9 Å². The summed E-state index contributed by atoms with van der Waals surface area (Å²) in [6, 6.07) is 6.25. The van der Waals surface area contributed by atoms with Crippen molar-refractivity contribution in [2.45, 2.75) is 30.0 Å². The summed E-state index contributed by atoms with van der Waals surface area (Å²) in [6.45, 7) is 1.54. The van der Waals surface area contributed by atoms with E-state index in [1.54, 1.807) is 24.5 Å². The maximum atomic E-state index is 11.8. The van der Waals surface area contributed by atoms with Gasteiger partial charge in [0.1, 0.15) is 12.9 Å². The Balaban J connectivity index is 1.38. The lowest BCUT2D eigenvalue weighted by molar-refractivity contribution is 0.0787. The van der Waals surface area contributed by atoms with E-state index >= 15 is 0 Å². The molecule has 1 saturated heterocycles. The van der Waals surface area contributed by atoms with Crippen LogP contribution in [0.2, 0.25) is 5.02 Å². The number of nitrogens with zero attached hydrogens (tertiary/aromatic N) is 6. The molecule has 2 aliphatic rings. The molecule has 2 aromatic heterocycles. The SMILES string of the molecule is CS(=O)(=O)c1ccc(Nc2ncnc3c2OCC(O)N3C2CCN(c3ncccn3)CC2)c(Cl)c1. The highest BCUT2D eigenvalue weighted by Crippen LogP contribution is 2.41. The Morgan fingerprint density at radius 2 is 1.89 bits per heavy atom. The number of aliphatic hydroxyl groups excluding tert-OH is 1. The molecule has 1 atom stereocenters. The molecule has 2 aliphatic heterocycles. The lowest BCUT2D eigenvalue weighted by Crippen LogP contribution is -2.53. The van der Waals surface area contributed by atoms with Crippen molar-refractivity contribution in [2.75, 3.05) is 41.1 Å². The number of aliphatic hydroxyl groups is 1. The largest absolute Gasteiger partial charge is 0.482 e. The fourth-order valence-corrected chi connectivity index (χ4v) is 5.26. The second kappa shape index (κ2) is 9.44. The topological polar surface area (TPSA) is 134 Å². The Labute approximate surface area is 207 Å². The molecule has 0 spiro atoms. The molecule has 0 amide bonds. The maximum Gasteiger partial charge on any atom is 0.225 e. The molecular weight excluding hydrogens is 494 g/mol. The summed E-state index contributed by atoms with van der Waals surface area (Å²) in [4.78, 5) is 21.5. The molecule has 2 N–H and O–H groups in total. The lowest BCUT2D eigenvalue weighted by Gasteiger charge is -2.43. The molecule has 1 fully saturated rings. The first-order valence-electron chi connectivity index (χ1n) is 11.0. The highest BCUT2D eigenvalue weighted by molar-refractivity contribution is 7.90. The Morgan fingerprint density at radius 3 is 2.57 bits per heavy atom. The van der Waals surface area contributed by atoms with Crippen LogP contribution < -0.4 is 19.9 Å². The second-order valence-corrected chi connectivity index (χ2v) is 10.8. The number of hydrogen-bond acceptors (Lipinski definition) is 11. The summed E-state index contributed by atoms with van der Waals surface area (Å²) < 4.78 is 29.4. The molecule has 4 heterocycles. The summed E-state index contributed by atoms with van der Waals surface area (Å²) >= 11 is 6.33. The van der Waals surface area contributed by atoms with Gasteiger partial charge in [-0.15, -0.1) is 0 Å². The quantitative estimate of drug-likeness (QED) is 0.516. The number of sulfone groups is 1. The number of ether oxygens (including phenoxy) is 1. The van der Waals surface area contributed by atoms with Gasteiger partial charge < -0.3 is 25.0 Å². The zero-order valence-corrected chi connectivity index (χ0v) is 20.4. The monoisotopic (exact) mass is 517 g/mol. The van der Waals surface area contributed by atoms with Gasteiger partial charge in [0.05, 0.1) is 15.6 Å². The standard InChI is InChI=1S/C22H24ClN7O4S/c1-35(32,33)15-3-4-17(16(23)11-15)28-20-19-21(27-13-26-20)30(18(31)12-34-19)14-5-9-29(10-6-14)22-24-7-2-8-25-22/h2-4,7-8,11,13-14,18,31H,5-6,9-10,12H2,1H3,(H,26,27,28). The van der Waals surface area contributed by atoms with Crippen molar-refractivity contribution in [1.29, 1.82) is 0 Å². The van der Waals surface area contributed by atoms with Gasteiger partial charge in [-0.1, -0.05) is 11.6 Å². The number of hydrogen-bond donors (Lipinski definition) is 2. The Bertz CT molecular complexity index is 1320. The first-order valence-corrected chi connectivity index (χ1v) is 13.3. The minimum atomic E-state index is -3.39. The number of anilines is 4. The summed E-state index contributed by atoms with van der Waals surface area (Å²) in [5, 5.41) is 14.1. The second-order valence-electron chi connectivity index (χ2n) is 8.38. The predicted octanol–water partition coefficient (Wildman–Crippen LogP) is 2.25. The van der Waals surface area contributed by atoms with Gasteiger partial charge >= 0.3 is 0 Å². The number of fused-ring (bicyclic) bond motifs is 1. The van der Waals surface area contributed by atoms with Crippen LogP contribution in [0.4, 0.5) is 23.3 Å². The molecule has 0 bridgehead atoms. The molecule has 0 aliphatic carbocycles. The van der Waals surface area contributed by atoms with E-state index in [-0.39, 0.29) is 22.6 Å². The van der Waals surface area contributed by atoms with Gasteiger partial charge in [-0.05, 0) is 37.1 Å². The third-order valence-electron chi connectivity index (χ3n) is 6.04. The normalized spacial score (nSPS) is 18.7. The molecular formula is C22H24ClN7O4S. The minimum Gasteiger partial charge on any atom is -0.482 e. The van der Waals surface area contributed by atoms with Crippen LogP contribution in [0.1, 0.15) is 12.8 Å². The molecule has 3 aromatic rings. The average Bonchev–Trinajstić information content (AvgIpc) is 2.85. The molecule has 0 radical (unpaired) electrons. The van der Waals surface area contributed by atoms with Crippen LogP contribution in [-0.2, 0) is 9.84 Å². The molecule has 184 valence electrons.